The molecule has 0 saturated carbocycles. The lowest BCUT2D eigenvalue weighted by molar-refractivity contribution is -0.124. The Hall–Kier alpha value is -1.69. The fraction of sp³-hybridized carbons (Fsp3) is 0.556. The fourth-order valence-electron chi connectivity index (χ4n) is 3.09. The van der Waals surface area contributed by atoms with Crippen molar-refractivity contribution >= 4 is 23.2 Å². The first-order valence-corrected chi connectivity index (χ1v) is 9.03. The SMILES string of the molecule is CCCCNC(=O)[C@H]1CN(C(=S)NCC)C[C@@H]1c1cccc(F)c1. The summed E-state index contributed by atoms with van der Waals surface area (Å²) in [6.45, 7) is 6.69. The van der Waals surface area contributed by atoms with E-state index in [1.165, 1.54) is 12.1 Å². The Morgan fingerprint density at radius 1 is 1.33 bits per heavy atom. The molecule has 1 aliphatic heterocycles. The molecule has 132 valence electrons. The highest BCUT2D eigenvalue weighted by atomic mass is 32.1. The second-order valence-electron chi connectivity index (χ2n) is 6.15. The molecule has 2 rings (SSSR count). The predicted octanol–water partition coefficient (Wildman–Crippen LogP) is 2.65. The van der Waals surface area contributed by atoms with Gasteiger partial charge in [0.05, 0.1) is 5.92 Å². The highest BCUT2D eigenvalue weighted by Crippen LogP contribution is 2.33. The molecule has 1 aliphatic rings. The first-order valence-electron chi connectivity index (χ1n) is 8.62. The van der Waals surface area contributed by atoms with Crippen molar-refractivity contribution in [3.63, 3.8) is 0 Å². The minimum absolute atomic E-state index is 0.0273. The van der Waals surface area contributed by atoms with Crippen molar-refractivity contribution in [2.24, 2.45) is 5.92 Å². The maximum absolute atomic E-state index is 13.6. The van der Waals surface area contributed by atoms with E-state index < -0.39 is 0 Å². The van der Waals surface area contributed by atoms with Crippen LogP contribution in [0.4, 0.5) is 4.39 Å². The molecule has 24 heavy (non-hydrogen) atoms. The van der Waals surface area contributed by atoms with E-state index in [4.69, 9.17) is 12.2 Å². The highest BCUT2D eigenvalue weighted by molar-refractivity contribution is 7.80. The summed E-state index contributed by atoms with van der Waals surface area (Å²) in [4.78, 5) is 14.6. The van der Waals surface area contributed by atoms with Crippen molar-refractivity contribution in [3.05, 3.63) is 35.6 Å². The molecule has 0 radical (unpaired) electrons. The molecule has 6 heteroatoms. The van der Waals surface area contributed by atoms with Crippen LogP contribution in [0.3, 0.4) is 0 Å². The minimum Gasteiger partial charge on any atom is -0.363 e. The van der Waals surface area contributed by atoms with Gasteiger partial charge in [0, 0.05) is 32.1 Å². The van der Waals surface area contributed by atoms with E-state index in [-0.39, 0.29) is 23.6 Å². The van der Waals surface area contributed by atoms with Crippen LogP contribution in [0.15, 0.2) is 24.3 Å². The number of thiocarbonyl (C=S) groups is 1. The predicted molar refractivity (Wildman–Crippen MR) is 98.4 cm³/mol. The average Bonchev–Trinajstić information content (AvgIpc) is 3.01. The molecule has 1 fully saturated rings. The normalized spacial score (nSPS) is 20.0. The van der Waals surface area contributed by atoms with Crippen molar-refractivity contribution in [2.75, 3.05) is 26.2 Å². The Labute approximate surface area is 148 Å². The van der Waals surface area contributed by atoms with Gasteiger partial charge < -0.3 is 15.5 Å². The van der Waals surface area contributed by atoms with Gasteiger partial charge in [0.1, 0.15) is 5.82 Å². The molecule has 0 aliphatic carbocycles. The summed E-state index contributed by atoms with van der Waals surface area (Å²) in [7, 11) is 0. The Morgan fingerprint density at radius 3 is 2.79 bits per heavy atom. The van der Waals surface area contributed by atoms with E-state index in [0.717, 1.165) is 24.9 Å². The number of halogens is 1. The van der Waals surface area contributed by atoms with E-state index >= 15 is 0 Å². The average molecular weight is 351 g/mol. The first kappa shape index (κ1) is 18.6. The summed E-state index contributed by atoms with van der Waals surface area (Å²) in [6, 6.07) is 6.54. The van der Waals surface area contributed by atoms with Crippen molar-refractivity contribution < 1.29 is 9.18 Å². The van der Waals surface area contributed by atoms with Gasteiger partial charge in [-0.25, -0.2) is 4.39 Å². The number of carbonyl (C=O) groups excluding carboxylic acids is 1. The van der Waals surface area contributed by atoms with Gasteiger partial charge in [0.15, 0.2) is 5.11 Å². The zero-order valence-electron chi connectivity index (χ0n) is 14.3. The van der Waals surface area contributed by atoms with Crippen LogP contribution in [0.5, 0.6) is 0 Å². The summed E-state index contributed by atoms with van der Waals surface area (Å²) in [6.07, 6.45) is 2.00. The molecule has 0 unspecified atom stereocenters. The molecule has 2 N–H and O–H groups in total. The largest absolute Gasteiger partial charge is 0.363 e. The molecule has 0 bridgehead atoms. The van der Waals surface area contributed by atoms with Crippen LogP contribution in [0.1, 0.15) is 38.2 Å². The highest BCUT2D eigenvalue weighted by Gasteiger charge is 2.39. The second kappa shape index (κ2) is 8.97. The van der Waals surface area contributed by atoms with Gasteiger partial charge in [0.25, 0.3) is 0 Å². The number of benzene rings is 1. The number of rotatable bonds is 6. The van der Waals surface area contributed by atoms with E-state index in [0.29, 0.717) is 24.7 Å². The number of nitrogens with one attached hydrogen (secondary N) is 2. The van der Waals surface area contributed by atoms with E-state index in [2.05, 4.69) is 17.6 Å². The quantitative estimate of drug-likeness (QED) is 0.611. The zero-order valence-corrected chi connectivity index (χ0v) is 15.2. The Bertz CT molecular complexity index is 581. The van der Waals surface area contributed by atoms with Gasteiger partial charge >= 0.3 is 0 Å². The van der Waals surface area contributed by atoms with Gasteiger partial charge in [-0.3, -0.25) is 4.79 Å². The maximum Gasteiger partial charge on any atom is 0.225 e. The molecule has 1 amide bonds. The molecule has 0 spiro atoms. The Balaban J connectivity index is 2.16. The van der Waals surface area contributed by atoms with Crippen molar-refractivity contribution in [1.82, 2.24) is 15.5 Å². The van der Waals surface area contributed by atoms with Crippen molar-refractivity contribution in [1.29, 1.82) is 0 Å². The van der Waals surface area contributed by atoms with Crippen molar-refractivity contribution in [3.8, 4) is 0 Å². The van der Waals surface area contributed by atoms with Gasteiger partial charge in [-0.15, -0.1) is 0 Å². The standard InChI is InChI=1S/C18H26FN3OS/c1-3-5-9-21-17(23)16-12-22(18(24)20-4-2)11-15(16)13-7-6-8-14(19)10-13/h6-8,10,15-16H,3-5,9,11-12H2,1-2H3,(H,20,24)(H,21,23)/t15-,16+/m1/s1. The van der Waals surface area contributed by atoms with E-state index in [1.807, 2.05) is 17.9 Å². The van der Waals surface area contributed by atoms with Gasteiger partial charge in [-0.2, -0.15) is 0 Å². The smallest absolute Gasteiger partial charge is 0.225 e. The number of hydrogen-bond acceptors (Lipinski definition) is 2. The fourth-order valence-corrected chi connectivity index (χ4v) is 3.39. The summed E-state index contributed by atoms with van der Waals surface area (Å²) in [5.74, 6) is -0.524. The lowest BCUT2D eigenvalue weighted by Crippen LogP contribution is -2.39. The molecule has 0 aromatic heterocycles. The number of amides is 1. The second-order valence-corrected chi connectivity index (χ2v) is 6.54. The molecular formula is C18H26FN3OS. The molecule has 1 aromatic rings. The summed E-state index contributed by atoms with van der Waals surface area (Å²) >= 11 is 5.40. The number of nitrogens with zero attached hydrogens (tertiary/aromatic N) is 1. The van der Waals surface area contributed by atoms with Crippen LogP contribution in [0, 0.1) is 11.7 Å². The van der Waals surface area contributed by atoms with Gasteiger partial charge in [-0.05, 0) is 43.3 Å². The third kappa shape index (κ3) is 4.66. The Morgan fingerprint density at radius 2 is 2.12 bits per heavy atom. The zero-order chi connectivity index (χ0) is 17.5. The first-order chi connectivity index (χ1) is 11.6. The monoisotopic (exact) mass is 351 g/mol. The maximum atomic E-state index is 13.6. The van der Waals surface area contributed by atoms with Crippen LogP contribution in [-0.4, -0.2) is 42.1 Å². The van der Waals surface area contributed by atoms with Gasteiger partial charge in [0.2, 0.25) is 5.91 Å². The molecule has 1 heterocycles. The number of hydrogen-bond donors (Lipinski definition) is 2. The van der Waals surface area contributed by atoms with Crippen molar-refractivity contribution in [2.45, 2.75) is 32.6 Å². The molecule has 1 aromatic carbocycles. The third-order valence-electron chi connectivity index (χ3n) is 4.38. The van der Waals surface area contributed by atoms with E-state index in [1.54, 1.807) is 6.07 Å². The van der Waals surface area contributed by atoms with Gasteiger partial charge in [-0.1, -0.05) is 25.5 Å². The Kier molecular flexibility index (Phi) is 6.97. The van der Waals surface area contributed by atoms with Crippen LogP contribution in [0.2, 0.25) is 0 Å². The summed E-state index contributed by atoms with van der Waals surface area (Å²) < 4.78 is 13.6. The van der Waals surface area contributed by atoms with Crippen LogP contribution in [0.25, 0.3) is 0 Å². The minimum atomic E-state index is -0.273. The molecule has 2 atom stereocenters. The van der Waals surface area contributed by atoms with Crippen LogP contribution >= 0.6 is 12.2 Å². The van der Waals surface area contributed by atoms with E-state index in [9.17, 15) is 9.18 Å². The van der Waals surface area contributed by atoms with Crippen LogP contribution < -0.4 is 10.6 Å². The molecular weight excluding hydrogens is 325 g/mol. The molecule has 1 saturated heterocycles. The summed E-state index contributed by atoms with van der Waals surface area (Å²) in [5, 5.41) is 6.80. The lowest BCUT2D eigenvalue weighted by Gasteiger charge is -2.19. The van der Waals surface area contributed by atoms with Crippen LogP contribution in [-0.2, 0) is 4.79 Å². The third-order valence-corrected chi connectivity index (χ3v) is 4.78. The molecule has 4 nitrogen and oxygen atoms in total. The summed E-state index contributed by atoms with van der Waals surface area (Å²) in [5.41, 5.74) is 0.854. The number of unbranched alkanes of at least 4 members (excludes halogenated alkanes) is 1. The number of likely N-dealkylation sites (tertiary alicyclic amines) is 1. The lowest BCUT2D eigenvalue weighted by atomic mass is 9.88. The topological polar surface area (TPSA) is 44.4 Å². The number of carbonyl (C=O) groups is 1.